The zero-order valence-corrected chi connectivity index (χ0v) is 9.79. The standard InChI is InChI=1S/C13H14F2N2O/c14-12-8(6-16)4-5-10(13(12)15)17-7-9-2-1-3-11(9)18/h4-5,9,11,17-18H,1-3,7H2. The van der Waals surface area contributed by atoms with E-state index in [2.05, 4.69) is 5.32 Å². The molecule has 0 spiro atoms. The lowest BCUT2D eigenvalue weighted by Crippen LogP contribution is -2.22. The first-order valence-electron chi connectivity index (χ1n) is 5.93. The van der Waals surface area contributed by atoms with Crippen molar-refractivity contribution in [1.82, 2.24) is 0 Å². The van der Waals surface area contributed by atoms with Gasteiger partial charge in [0, 0.05) is 12.5 Å². The lowest BCUT2D eigenvalue weighted by molar-refractivity contribution is 0.138. The second-order valence-electron chi connectivity index (χ2n) is 4.54. The molecule has 1 aromatic rings. The molecule has 2 atom stereocenters. The highest BCUT2D eigenvalue weighted by Crippen LogP contribution is 2.27. The van der Waals surface area contributed by atoms with Gasteiger partial charge in [-0.15, -0.1) is 0 Å². The highest BCUT2D eigenvalue weighted by Gasteiger charge is 2.25. The second-order valence-corrected chi connectivity index (χ2v) is 4.54. The van der Waals surface area contributed by atoms with E-state index in [1.54, 1.807) is 6.07 Å². The van der Waals surface area contributed by atoms with E-state index in [1.165, 1.54) is 12.1 Å². The lowest BCUT2D eigenvalue weighted by atomic mass is 10.1. The van der Waals surface area contributed by atoms with Gasteiger partial charge in [-0.1, -0.05) is 6.42 Å². The Bertz CT molecular complexity index is 485. The summed E-state index contributed by atoms with van der Waals surface area (Å²) in [5.74, 6) is -2.10. The predicted molar refractivity (Wildman–Crippen MR) is 62.9 cm³/mol. The highest BCUT2D eigenvalue weighted by atomic mass is 19.2. The minimum absolute atomic E-state index is 0.0330. The zero-order valence-electron chi connectivity index (χ0n) is 9.79. The van der Waals surface area contributed by atoms with E-state index in [1.807, 2.05) is 0 Å². The van der Waals surface area contributed by atoms with Gasteiger partial charge in [0.25, 0.3) is 0 Å². The van der Waals surface area contributed by atoms with Crippen LogP contribution in [0.25, 0.3) is 0 Å². The summed E-state index contributed by atoms with van der Waals surface area (Å²) in [4.78, 5) is 0. The van der Waals surface area contributed by atoms with Crippen LogP contribution in [0.4, 0.5) is 14.5 Å². The van der Waals surface area contributed by atoms with Crippen LogP contribution in [0.5, 0.6) is 0 Å². The molecule has 0 saturated heterocycles. The van der Waals surface area contributed by atoms with Crippen LogP contribution in [-0.4, -0.2) is 17.8 Å². The van der Waals surface area contributed by atoms with Gasteiger partial charge < -0.3 is 10.4 Å². The molecule has 0 amide bonds. The molecule has 2 unspecified atom stereocenters. The highest BCUT2D eigenvalue weighted by molar-refractivity contribution is 5.49. The summed E-state index contributed by atoms with van der Waals surface area (Å²) in [6, 6.07) is 4.17. The number of nitrogens with one attached hydrogen (secondary N) is 1. The summed E-state index contributed by atoms with van der Waals surface area (Å²) in [6.45, 7) is 0.406. The van der Waals surface area contributed by atoms with Crippen molar-refractivity contribution in [2.45, 2.75) is 25.4 Å². The van der Waals surface area contributed by atoms with E-state index in [0.29, 0.717) is 6.54 Å². The normalized spacial score (nSPS) is 22.8. The van der Waals surface area contributed by atoms with Gasteiger partial charge in [-0.25, -0.2) is 8.78 Å². The van der Waals surface area contributed by atoms with Crippen LogP contribution in [0.3, 0.4) is 0 Å². The molecule has 3 nitrogen and oxygen atoms in total. The van der Waals surface area contributed by atoms with Crippen molar-refractivity contribution >= 4 is 5.69 Å². The summed E-state index contributed by atoms with van der Waals surface area (Å²) in [6.07, 6.45) is 2.23. The molecule has 1 fully saturated rings. The third-order valence-corrected chi connectivity index (χ3v) is 3.38. The first-order chi connectivity index (χ1) is 8.63. The van der Waals surface area contributed by atoms with E-state index in [9.17, 15) is 13.9 Å². The maximum absolute atomic E-state index is 13.6. The average Bonchev–Trinajstić information content (AvgIpc) is 2.77. The van der Waals surface area contributed by atoms with E-state index < -0.39 is 11.6 Å². The molecule has 18 heavy (non-hydrogen) atoms. The van der Waals surface area contributed by atoms with Crippen LogP contribution in [0.1, 0.15) is 24.8 Å². The largest absolute Gasteiger partial charge is 0.393 e. The van der Waals surface area contributed by atoms with E-state index in [4.69, 9.17) is 5.26 Å². The summed E-state index contributed by atoms with van der Waals surface area (Å²) in [7, 11) is 0. The maximum Gasteiger partial charge on any atom is 0.183 e. The van der Waals surface area contributed by atoms with Gasteiger partial charge in [0.15, 0.2) is 11.6 Å². The Hall–Kier alpha value is -1.67. The third kappa shape index (κ3) is 2.44. The van der Waals surface area contributed by atoms with Gasteiger partial charge in [-0.05, 0) is 25.0 Å². The molecule has 1 aliphatic carbocycles. The van der Waals surface area contributed by atoms with Gasteiger partial charge in [0.2, 0.25) is 0 Å². The smallest absolute Gasteiger partial charge is 0.183 e. The van der Waals surface area contributed by atoms with Gasteiger partial charge >= 0.3 is 0 Å². The van der Waals surface area contributed by atoms with Crippen molar-refractivity contribution in [2.24, 2.45) is 5.92 Å². The number of halogens is 2. The molecule has 2 rings (SSSR count). The monoisotopic (exact) mass is 252 g/mol. The van der Waals surface area contributed by atoms with Crippen molar-refractivity contribution in [2.75, 3.05) is 11.9 Å². The fraction of sp³-hybridized carbons (Fsp3) is 0.462. The average molecular weight is 252 g/mol. The quantitative estimate of drug-likeness (QED) is 0.868. The van der Waals surface area contributed by atoms with Crippen molar-refractivity contribution in [3.8, 4) is 6.07 Å². The minimum Gasteiger partial charge on any atom is -0.393 e. The van der Waals surface area contributed by atoms with Crippen LogP contribution in [-0.2, 0) is 0 Å². The van der Waals surface area contributed by atoms with Crippen LogP contribution < -0.4 is 5.32 Å². The van der Waals surface area contributed by atoms with Crippen molar-refractivity contribution in [3.63, 3.8) is 0 Å². The summed E-state index contributed by atoms with van der Waals surface area (Å²) in [5.41, 5.74) is -0.274. The number of anilines is 1. The number of nitrogens with zero attached hydrogens (tertiary/aromatic N) is 1. The fourth-order valence-electron chi connectivity index (χ4n) is 2.27. The van der Waals surface area contributed by atoms with Crippen molar-refractivity contribution in [3.05, 3.63) is 29.3 Å². The number of hydrogen-bond acceptors (Lipinski definition) is 3. The Morgan fingerprint density at radius 1 is 1.33 bits per heavy atom. The molecule has 1 saturated carbocycles. The number of aliphatic hydroxyl groups excluding tert-OH is 1. The van der Waals surface area contributed by atoms with Crippen LogP contribution in [0, 0.1) is 28.9 Å². The molecule has 1 aromatic carbocycles. The van der Waals surface area contributed by atoms with Crippen molar-refractivity contribution < 1.29 is 13.9 Å². The number of rotatable bonds is 3. The van der Waals surface area contributed by atoms with E-state index >= 15 is 0 Å². The first-order valence-corrected chi connectivity index (χ1v) is 5.93. The molecule has 0 aromatic heterocycles. The van der Waals surface area contributed by atoms with E-state index in [-0.39, 0.29) is 23.3 Å². The topological polar surface area (TPSA) is 56.0 Å². The number of benzene rings is 1. The summed E-state index contributed by atoms with van der Waals surface area (Å²) >= 11 is 0. The molecular formula is C13H14F2N2O. The van der Waals surface area contributed by atoms with Gasteiger partial charge in [-0.2, -0.15) is 5.26 Å². The molecule has 96 valence electrons. The summed E-state index contributed by atoms with van der Waals surface area (Å²) < 4.78 is 26.9. The Labute approximate surface area is 104 Å². The third-order valence-electron chi connectivity index (χ3n) is 3.38. The minimum atomic E-state index is -1.13. The van der Waals surface area contributed by atoms with Crippen LogP contribution in [0.15, 0.2) is 12.1 Å². The van der Waals surface area contributed by atoms with Gasteiger partial charge in [-0.3, -0.25) is 0 Å². The molecular weight excluding hydrogens is 238 g/mol. The lowest BCUT2D eigenvalue weighted by Gasteiger charge is -2.16. The first kappa shape index (κ1) is 12.8. The Morgan fingerprint density at radius 3 is 2.72 bits per heavy atom. The van der Waals surface area contributed by atoms with Gasteiger partial charge in [0.05, 0.1) is 17.4 Å². The number of aliphatic hydroxyl groups is 1. The van der Waals surface area contributed by atoms with Crippen molar-refractivity contribution in [1.29, 1.82) is 5.26 Å². The summed E-state index contributed by atoms with van der Waals surface area (Å²) in [5, 5.41) is 21.0. The number of nitriles is 1. The van der Waals surface area contributed by atoms with E-state index in [0.717, 1.165) is 19.3 Å². The van der Waals surface area contributed by atoms with Gasteiger partial charge in [0.1, 0.15) is 6.07 Å². The second kappa shape index (κ2) is 5.32. The Balaban J connectivity index is 2.06. The molecule has 0 heterocycles. The molecule has 1 aliphatic rings. The molecule has 0 radical (unpaired) electrons. The van der Waals surface area contributed by atoms with Crippen LogP contribution >= 0.6 is 0 Å². The Morgan fingerprint density at radius 2 is 2.11 bits per heavy atom. The fourth-order valence-corrected chi connectivity index (χ4v) is 2.27. The predicted octanol–water partition coefficient (Wildman–Crippen LogP) is 2.41. The Kier molecular flexibility index (Phi) is 3.78. The maximum atomic E-state index is 13.6. The molecule has 0 aliphatic heterocycles. The molecule has 5 heteroatoms. The molecule has 2 N–H and O–H groups in total. The number of hydrogen-bond donors (Lipinski definition) is 2. The molecule has 0 bridgehead atoms. The zero-order chi connectivity index (χ0) is 13.1. The van der Waals surface area contributed by atoms with Crippen LogP contribution in [0.2, 0.25) is 0 Å². The SMILES string of the molecule is N#Cc1ccc(NCC2CCCC2O)c(F)c1F.